The van der Waals surface area contributed by atoms with Gasteiger partial charge >= 0.3 is 12.1 Å². The number of anilines is 2. The molecule has 2 aromatic rings. The van der Waals surface area contributed by atoms with E-state index in [9.17, 15) is 22.8 Å². The minimum atomic E-state index is -4.79. The predicted molar refractivity (Wildman–Crippen MR) is 112 cm³/mol. The predicted octanol–water partition coefficient (Wildman–Crippen LogP) is 3.54. The summed E-state index contributed by atoms with van der Waals surface area (Å²) in [5, 5.41) is 9.06. The zero-order valence-corrected chi connectivity index (χ0v) is 17.6. The van der Waals surface area contributed by atoms with Crippen LogP contribution in [-0.2, 0) is 27.1 Å². The molecule has 1 atom stereocenters. The summed E-state index contributed by atoms with van der Waals surface area (Å²) in [5.74, 6) is -0.968. The normalized spacial score (nSPS) is 22.2. The van der Waals surface area contributed by atoms with Gasteiger partial charge in [0.2, 0.25) is 0 Å². The van der Waals surface area contributed by atoms with Gasteiger partial charge in [-0.15, -0.1) is 0 Å². The summed E-state index contributed by atoms with van der Waals surface area (Å²) in [7, 11) is 0. The highest BCUT2D eigenvalue weighted by molar-refractivity contribution is 7.81. The van der Waals surface area contributed by atoms with Crippen LogP contribution in [0.25, 0.3) is 0 Å². The fraction of sp³-hybridized carbons (Fsp3) is 0.273. The lowest BCUT2D eigenvalue weighted by Gasteiger charge is -2.31. The first-order valence-corrected chi connectivity index (χ1v) is 10.3. The SMILES string of the molecule is N#Cc1ccc(N2C(=O)C3(CCOC3)N(c3ccc4c(c3)COC4=O)C2=S)cc1C(F)(F)F. The van der Waals surface area contributed by atoms with Crippen molar-refractivity contribution in [1.82, 2.24) is 0 Å². The summed E-state index contributed by atoms with van der Waals surface area (Å²) in [4.78, 5) is 28.1. The molecule has 7 nitrogen and oxygen atoms in total. The van der Waals surface area contributed by atoms with E-state index in [1.54, 1.807) is 23.1 Å². The Morgan fingerprint density at radius 3 is 2.55 bits per heavy atom. The van der Waals surface area contributed by atoms with Crippen LogP contribution >= 0.6 is 12.2 Å². The molecule has 3 heterocycles. The molecular formula is C22H14F3N3O4S. The number of rotatable bonds is 2. The van der Waals surface area contributed by atoms with Gasteiger partial charge in [-0.05, 0) is 48.6 Å². The van der Waals surface area contributed by atoms with Gasteiger partial charge in [-0.2, -0.15) is 18.4 Å². The average molecular weight is 473 g/mol. The van der Waals surface area contributed by atoms with Crippen LogP contribution in [0.4, 0.5) is 24.5 Å². The smallest absolute Gasteiger partial charge is 0.417 e. The van der Waals surface area contributed by atoms with Gasteiger partial charge in [0.15, 0.2) is 10.7 Å². The molecule has 0 N–H and O–H groups in total. The molecule has 0 bridgehead atoms. The molecular weight excluding hydrogens is 459 g/mol. The molecule has 1 spiro atoms. The number of alkyl halides is 3. The fourth-order valence-corrected chi connectivity index (χ4v) is 4.89. The fourth-order valence-electron chi connectivity index (χ4n) is 4.42. The number of carbonyl (C=O) groups excluding carboxylic acids is 2. The molecule has 0 saturated carbocycles. The molecule has 0 radical (unpaired) electrons. The van der Waals surface area contributed by atoms with Crippen molar-refractivity contribution < 1.29 is 32.2 Å². The van der Waals surface area contributed by atoms with Crippen LogP contribution in [0.2, 0.25) is 0 Å². The van der Waals surface area contributed by atoms with Gasteiger partial charge in [0.25, 0.3) is 5.91 Å². The van der Waals surface area contributed by atoms with Crippen molar-refractivity contribution in [3.8, 4) is 6.07 Å². The summed E-state index contributed by atoms with van der Waals surface area (Å²) in [6.45, 7) is 0.345. The quantitative estimate of drug-likeness (QED) is 0.487. The van der Waals surface area contributed by atoms with Crippen LogP contribution in [0.5, 0.6) is 0 Å². The Labute approximate surface area is 190 Å². The minimum Gasteiger partial charge on any atom is -0.457 e. The van der Waals surface area contributed by atoms with E-state index < -0.39 is 34.7 Å². The third-order valence-corrected chi connectivity index (χ3v) is 6.39. The molecule has 1 unspecified atom stereocenters. The Kier molecular flexibility index (Phi) is 4.70. The molecule has 2 aromatic carbocycles. The molecule has 11 heteroatoms. The van der Waals surface area contributed by atoms with Crippen LogP contribution in [0, 0.1) is 11.3 Å². The van der Waals surface area contributed by atoms with E-state index in [-0.39, 0.29) is 37.0 Å². The topological polar surface area (TPSA) is 82.9 Å². The number of amides is 1. The first-order valence-electron chi connectivity index (χ1n) is 9.85. The van der Waals surface area contributed by atoms with Crippen LogP contribution in [0.1, 0.15) is 33.5 Å². The Balaban J connectivity index is 1.63. The summed E-state index contributed by atoms with van der Waals surface area (Å²) >= 11 is 5.59. The zero-order chi connectivity index (χ0) is 23.5. The van der Waals surface area contributed by atoms with E-state index in [4.69, 9.17) is 27.0 Å². The number of esters is 1. The highest BCUT2D eigenvalue weighted by Gasteiger charge is 2.58. The van der Waals surface area contributed by atoms with Crippen molar-refractivity contribution in [2.24, 2.45) is 0 Å². The number of nitrogens with zero attached hydrogens (tertiary/aromatic N) is 3. The molecule has 3 aliphatic heterocycles. The van der Waals surface area contributed by atoms with Crippen LogP contribution in [0.3, 0.4) is 0 Å². The number of ether oxygens (including phenoxy) is 2. The summed E-state index contributed by atoms with van der Waals surface area (Å²) in [5.41, 5.74) is -1.50. The van der Waals surface area contributed by atoms with E-state index in [0.29, 0.717) is 16.8 Å². The van der Waals surface area contributed by atoms with E-state index in [0.717, 1.165) is 17.0 Å². The van der Waals surface area contributed by atoms with Crippen LogP contribution in [-0.4, -0.2) is 35.7 Å². The van der Waals surface area contributed by atoms with Crippen molar-refractivity contribution in [2.45, 2.75) is 24.7 Å². The van der Waals surface area contributed by atoms with Gasteiger partial charge in [0, 0.05) is 24.3 Å². The third-order valence-electron chi connectivity index (χ3n) is 6.03. The number of hydrogen-bond donors (Lipinski definition) is 0. The number of cyclic esters (lactones) is 1. The van der Waals surface area contributed by atoms with Crippen molar-refractivity contribution in [1.29, 1.82) is 5.26 Å². The molecule has 33 heavy (non-hydrogen) atoms. The lowest BCUT2D eigenvalue weighted by molar-refractivity contribution is -0.137. The maximum absolute atomic E-state index is 13.6. The lowest BCUT2D eigenvalue weighted by atomic mass is 9.95. The Bertz CT molecular complexity index is 1260. The van der Waals surface area contributed by atoms with Gasteiger partial charge in [-0.25, -0.2) is 4.79 Å². The zero-order valence-electron chi connectivity index (χ0n) is 16.8. The second kappa shape index (κ2) is 7.26. The average Bonchev–Trinajstić information content (AvgIpc) is 3.46. The van der Waals surface area contributed by atoms with E-state index in [2.05, 4.69) is 0 Å². The van der Waals surface area contributed by atoms with Gasteiger partial charge in [0.1, 0.15) is 6.61 Å². The number of carbonyl (C=O) groups is 2. The van der Waals surface area contributed by atoms with Gasteiger partial charge in [0.05, 0.1) is 35.1 Å². The number of hydrogen-bond acceptors (Lipinski definition) is 6. The molecule has 2 saturated heterocycles. The molecule has 1 amide bonds. The molecule has 0 aromatic heterocycles. The van der Waals surface area contributed by atoms with Gasteiger partial charge in [-0.1, -0.05) is 0 Å². The Hall–Kier alpha value is -3.49. The number of fused-ring (bicyclic) bond motifs is 1. The number of thiocarbonyl (C=S) groups is 1. The van der Waals surface area contributed by atoms with Crippen molar-refractivity contribution >= 4 is 40.6 Å². The second-order valence-electron chi connectivity index (χ2n) is 7.85. The maximum atomic E-state index is 13.6. The molecule has 168 valence electrons. The Morgan fingerprint density at radius 2 is 1.88 bits per heavy atom. The van der Waals surface area contributed by atoms with Gasteiger partial charge < -0.3 is 14.4 Å². The van der Waals surface area contributed by atoms with E-state index in [1.807, 2.05) is 0 Å². The van der Waals surface area contributed by atoms with Gasteiger partial charge in [-0.3, -0.25) is 9.69 Å². The molecule has 3 aliphatic rings. The first-order chi connectivity index (χ1) is 15.7. The van der Waals surface area contributed by atoms with Crippen LogP contribution in [0.15, 0.2) is 36.4 Å². The third kappa shape index (κ3) is 3.09. The minimum absolute atomic E-state index is 0.00258. The van der Waals surface area contributed by atoms with Crippen molar-refractivity contribution in [3.63, 3.8) is 0 Å². The largest absolute Gasteiger partial charge is 0.457 e. The van der Waals surface area contributed by atoms with Crippen molar-refractivity contribution in [3.05, 3.63) is 58.7 Å². The van der Waals surface area contributed by atoms with Crippen molar-refractivity contribution in [2.75, 3.05) is 23.0 Å². The summed E-state index contributed by atoms with van der Waals surface area (Å²) < 4.78 is 51.2. The molecule has 0 aliphatic carbocycles. The number of halogens is 3. The monoisotopic (exact) mass is 473 g/mol. The highest BCUT2D eigenvalue weighted by atomic mass is 32.1. The Morgan fingerprint density at radius 1 is 1.12 bits per heavy atom. The second-order valence-corrected chi connectivity index (χ2v) is 8.21. The highest BCUT2D eigenvalue weighted by Crippen LogP contribution is 2.43. The van der Waals surface area contributed by atoms with Crippen LogP contribution < -0.4 is 9.80 Å². The number of nitriles is 1. The first kappa shape index (κ1) is 21.4. The standard InChI is InChI=1S/C22H14F3N3O4S/c23-22(24,25)17-8-14(2-1-12(17)9-26)27-19(30)21(5-6-31-11-21)28(20(27)33)15-3-4-16-13(7-15)10-32-18(16)29/h1-4,7-8H,5-6,10-11H2. The molecule has 2 fully saturated rings. The number of benzene rings is 2. The summed E-state index contributed by atoms with van der Waals surface area (Å²) in [6.07, 6.45) is -4.51. The van der Waals surface area contributed by atoms with E-state index in [1.165, 1.54) is 12.1 Å². The van der Waals surface area contributed by atoms with E-state index >= 15 is 0 Å². The summed E-state index contributed by atoms with van der Waals surface area (Å²) in [6, 6.07) is 9.44. The lowest BCUT2D eigenvalue weighted by Crippen LogP contribution is -2.50. The molecule has 5 rings (SSSR count). The maximum Gasteiger partial charge on any atom is 0.417 e.